The van der Waals surface area contributed by atoms with Gasteiger partial charge in [-0.3, -0.25) is 0 Å². The van der Waals surface area contributed by atoms with Crippen LogP contribution in [0.3, 0.4) is 0 Å². The molecule has 0 spiro atoms. The summed E-state index contributed by atoms with van der Waals surface area (Å²) in [5.41, 5.74) is 0. The maximum atomic E-state index is 4.03. The minimum Gasteiger partial charge on any atom is -0.315 e. The van der Waals surface area contributed by atoms with Gasteiger partial charge < -0.3 is 9.88 Å². The third-order valence-corrected chi connectivity index (χ3v) is 3.36. The van der Waals surface area contributed by atoms with Crippen LogP contribution in [0, 0.1) is 0 Å². The summed E-state index contributed by atoms with van der Waals surface area (Å²) in [6, 6.07) is 0.620. The van der Waals surface area contributed by atoms with Crippen LogP contribution in [-0.2, 0) is 7.05 Å². The summed E-state index contributed by atoms with van der Waals surface area (Å²) in [4.78, 5) is 0. The number of hydrogen-bond acceptors (Lipinski definition) is 4. The van der Waals surface area contributed by atoms with E-state index < -0.39 is 0 Å². The minimum atomic E-state index is 0.620. The van der Waals surface area contributed by atoms with Crippen LogP contribution in [0.4, 0.5) is 0 Å². The maximum Gasteiger partial charge on any atom is 0.190 e. The third kappa shape index (κ3) is 4.66. The zero-order valence-electron chi connectivity index (χ0n) is 9.73. The molecule has 0 saturated heterocycles. The second kappa shape index (κ2) is 6.85. The summed E-state index contributed by atoms with van der Waals surface area (Å²) in [5.74, 6) is 1.11. The SMILES string of the molecule is CCNC(C)CCCSc1nncn1C. The molecule has 1 N–H and O–H groups in total. The van der Waals surface area contributed by atoms with Gasteiger partial charge in [0.15, 0.2) is 5.16 Å². The molecule has 1 unspecified atom stereocenters. The third-order valence-electron chi connectivity index (χ3n) is 2.24. The van der Waals surface area contributed by atoms with Crippen LogP contribution in [0.25, 0.3) is 0 Å². The van der Waals surface area contributed by atoms with Crippen molar-refractivity contribution in [3.05, 3.63) is 6.33 Å². The van der Waals surface area contributed by atoms with E-state index in [1.54, 1.807) is 18.1 Å². The van der Waals surface area contributed by atoms with Gasteiger partial charge in [0.05, 0.1) is 0 Å². The zero-order chi connectivity index (χ0) is 11.1. The van der Waals surface area contributed by atoms with E-state index in [0.717, 1.165) is 17.5 Å². The van der Waals surface area contributed by atoms with Crippen molar-refractivity contribution in [3.8, 4) is 0 Å². The van der Waals surface area contributed by atoms with Gasteiger partial charge in [-0.15, -0.1) is 10.2 Å². The summed E-state index contributed by atoms with van der Waals surface area (Å²) in [6.07, 6.45) is 4.17. The Kier molecular flexibility index (Phi) is 5.71. The Morgan fingerprint density at radius 2 is 2.40 bits per heavy atom. The van der Waals surface area contributed by atoms with Gasteiger partial charge >= 0.3 is 0 Å². The first-order valence-corrected chi connectivity index (χ1v) is 6.42. The van der Waals surface area contributed by atoms with Crippen molar-refractivity contribution in [1.82, 2.24) is 20.1 Å². The topological polar surface area (TPSA) is 42.7 Å². The van der Waals surface area contributed by atoms with E-state index in [1.807, 2.05) is 11.6 Å². The van der Waals surface area contributed by atoms with E-state index in [1.165, 1.54) is 12.8 Å². The fraction of sp³-hybridized carbons (Fsp3) is 0.800. The summed E-state index contributed by atoms with van der Waals surface area (Å²) in [6.45, 7) is 5.43. The van der Waals surface area contributed by atoms with Crippen LogP contribution >= 0.6 is 11.8 Å². The highest BCUT2D eigenvalue weighted by Crippen LogP contribution is 2.15. The Hall–Kier alpha value is -0.550. The molecule has 1 aromatic rings. The van der Waals surface area contributed by atoms with Crippen LogP contribution in [0.5, 0.6) is 0 Å². The van der Waals surface area contributed by atoms with Gasteiger partial charge in [-0.25, -0.2) is 0 Å². The van der Waals surface area contributed by atoms with Gasteiger partial charge in [0.2, 0.25) is 0 Å². The second-order valence-electron chi connectivity index (χ2n) is 3.67. The number of nitrogens with zero attached hydrogens (tertiary/aromatic N) is 3. The molecule has 0 aliphatic heterocycles. The predicted octanol–water partition coefficient (Wildman–Crippen LogP) is 1.69. The summed E-state index contributed by atoms with van der Waals surface area (Å²) < 4.78 is 1.96. The molecule has 0 aliphatic rings. The molecule has 0 bridgehead atoms. The Labute approximate surface area is 95.9 Å². The van der Waals surface area contributed by atoms with Crippen molar-refractivity contribution in [3.63, 3.8) is 0 Å². The zero-order valence-corrected chi connectivity index (χ0v) is 10.5. The largest absolute Gasteiger partial charge is 0.315 e. The van der Waals surface area contributed by atoms with Gasteiger partial charge in [0.25, 0.3) is 0 Å². The molecule has 86 valence electrons. The fourth-order valence-electron chi connectivity index (χ4n) is 1.41. The Morgan fingerprint density at radius 1 is 1.60 bits per heavy atom. The van der Waals surface area contributed by atoms with Gasteiger partial charge in [0.1, 0.15) is 6.33 Å². The Balaban J connectivity index is 2.09. The monoisotopic (exact) mass is 228 g/mol. The quantitative estimate of drug-likeness (QED) is 0.569. The lowest BCUT2D eigenvalue weighted by atomic mass is 10.2. The van der Waals surface area contributed by atoms with Crippen LogP contribution in [0.15, 0.2) is 11.5 Å². The average molecular weight is 228 g/mol. The van der Waals surface area contributed by atoms with E-state index in [-0.39, 0.29) is 0 Å². The number of nitrogens with one attached hydrogen (secondary N) is 1. The van der Waals surface area contributed by atoms with Crippen LogP contribution in [0.2, 0.25) is 0 Å². The standard InChI is InChI=1S/C10H20N4S/c1-4-11-9(2)6-5-7-15-10-13-12-8-14(10)3/h8-9,11H,4-7H2,1-3H3. The first-order valence-electron chi connectivity index (χ1n) is 5.44. The highest BCUT2D eigenvalue weighted by molar-refractivity contribution is 7.99. The van der Waals surface area contributed by atoms with Crippen molar-refractivity contribution in [2.75, 3.05) is 12.3 Å². The molecular weight excluding hydrogens is 208 g/mol. The molecule has 1 aromatic heterocycles. The Morgan fingerprint density at radius 3 is 3.00 bits per heavy atom. The average Bonchev–Trinajstić information content (AvgIpc) is 2.60. The van der Waals surface area contributed by atoms with Crippen molar-refractivity contribution in [2.45, 2.75) is 37.9 Å². The molecule has 1 heterocycles. The van der Waals surface area contributed by atoms with E-state index in [2.05, 4.69) is 29.4 Å². The summed E-state index contributed by atoms with van der Waals surface area (Å²) in [5, 5.41) is 12.3. The molecular formula is C10H20N4S. The lowest BCUT2D eigenvalue weighted by molar-refractivity contribution is 0.526. The van der Waals surface area contributed by atoms with Gasteiger partial charge in [-0.05, 0) is 26.3 Å². The molecule has 0 aromatic carbocycles. The molecule has 1 rings (SSSR count). The second-order valence-corrected chi connectivity index (χ2v) is 4.74. The molecule has 0 aliphatic carbocycles. The number of thioether (sulfide) groups is 1. The van der Waals surface area contributed by atoms with Crippen molar-refractivity contribution in [2.24, 2.45) is 7.05 Å². The first kappa shape index (κ1) is 12.5. The van der Waals surface area contributed by atoms with Crippen LogP contribution in [-0.4, -0.2) is 33.1 Å². The molecule has 0 fully saturated rings. The maximum absolute atomic E-state index is 4.03. The molecule has 15 heavy (non-hydrogen) atoms. The molecule has 1 atom stereocenters. The smallest absolute Gasteiger partial charge is 0.190 e. The van der Waals surface area contributed by atoms with Gasteiger partial charge in [-0.1, -0.05) is 18.7 Å². The van der Waals surface area contributed by atoms with Gasteiger partial charge in [-0.2, -0.15) is 0 Å². The van der Waals surface area contributed by atoms with E-state index in [9.17, 15) is 0 Å². The van der Waals surface area contributed by atoms with E-state index in [0.29, 0.717) is 6.04 Å². The van der Waals surface area contributed by atoms with Crippen molar-refractivity contribution in [1.29, 1.82) is 0 Å². The van der Waals surface area contributed by atoms with Crippen LogP contribution in [0.1, 0.15) is 26.7 Å². The molecule has 5 heteroatoms. The lowest BCUT2D eigenvalue weighted by Crippen LogP contribution is -2.25. The van der Waals surface area contributed by atoms with Crippen molar-refractivity contribution < 1.29 is 0 Å². The van der Waals surface area contributed by atoms with E-state index >= 15 is 0 Å². The molecule has 0 saturated carbocycles. The highest BCUT2D eigenvalue weighted by atomic mass is 32.2. The minimum absolute atomic E-state index is 0.620. The number of hydrogen-bond donors (Lipinski definition) is 1. The number of aromatic nitrogens is 3. The normalized spacial score (nSPS) is 13.0. The molecule has 0 radical (unpaired) electrons. The fourth-order valence-corrected chi connectivity index (χ4v) is 2.26. The summed E-state index contributed by atoms with van der Waals surface area (Å²) in [7, 11) is 1.98. The molecule has 4 nitrogen and oxygen atoms in total. The molecule has 0 amide bonds. The number of aryl methyl sites for hydroxylation is 1. The van der Waals surface area contributed by atoms with Crippen molar-refractivity contribution >= 4 is 11.8 Å². The Bertz CT molecular complexity index is 274. The highest BCUT2D eigenvalue weighted by Gasteiger charge is 2.02. The number of rotatable bonds is 7. The predicted molar refractivity (Wildman–Crippen MR) is 64.1 cm³/mol. The summed E-state index contributed by atoms with van der Waals surface area (Å²) >= 11 is 1.78. The van der Waals surface area contributed by atoms with E-state index in [4.69, 9.17) is 0 Å². The van der Waals surface area contributed by atoms with Crippen LogP contribution < -0.4 is 5.32 Å². The first-order chi connectivity index (χ1) is 7.24. The lowest BCUT2D eigenvalue weighted by Gasteiger charge is -2.10. The van der Waals surface area contributed by atoms with Gasteiger partial charge in [0, 0.05) is 18.8 Å².